The van der Waals surface area contributed by atoms with E-state index in [1.807, 2.05) is 0 Å². The molecule has 0 heterocycles. The summed E-state index contributed by atoms with van der Waals surface area (Å²) in [4.78, 5) is 1.33. The topological polar surface area (TPSA) is 26.0 Å². The van der Waals surface area contributed by atoms with Gasteiger partial charge < -0.3 is 5.73 Å². The Labute approximate surface area is 77.3 Å². The zero-order valence-corrected chi connectivity index (χ0v) is 8.03. The van der Waals surface area contributed by atoms with Crippen molar-refractivity contribution in [3.63, 3.8) is 0 Å². The summed E-state index contributed by atoms with van der Waals surface area (Å²) < 4.78 is 0. The molecule has 0 saturated heterocycles. The van der Waals surface area contributed by atoms with Gasteiger partial charge in [0.15, 0.2) is 0 Å². The number of hydrogen-bond acceptors (Lipinski definition) is 2. The van der Waals surface area contributed by atoms with Crippen molar-refractivity contribution in [1.82, 2.24) is 0 Å². The lowest BCUT2D eigenvalue weighted by atomic mass is 10.1. The van der Waals surface area contributed by atoms with E-state index in [4.69, 9.17) is 5.73 Å². The second kappa shape index (κ2) is 3.11. The second-order valence-electron chi connectivity index (χ2n) is 3.21. The highest BCUT2D eigenvalue weighted by Crippen LogP contribution is 2.31. The molecule has 64 valence electrons. The molecular formula is C10H13NS. The first-order valence-corrected chi connectivity index (χ1v) is 5.46. The van der Waals surface area contributed by atoms with E-state index >= 15 is 0 Å². The fraction of sp³-hybridized carbons (Fsp3) is 0.400. The van der Waals surface area contributed by atoms with Crippen LogP contribution < -0.4 is 5.73 Å². The van der Waals surface area contributed by atoms with Gasteiger partial charge in [-0.25, -0.2) is 0 Å². The molecule has 2 N–H and O–H groups in total. The number of thioether (sulfide) groups is 1. The highest BCUT2D eigenvalue weighted by Gasteiger charge is 2.18. The summed E-state index contributed by atoms with van der Waals surface area (Å²) in [5, 5.41) is 0. The number of hydrogen-bond donors (Lipinski definition) is 1. The quantitative estimate of drug-likeness (QED) is 0.670. The average Bonchev–Trinajstić information content (AvgIpc) is 2.47. The molecule has 0 spiro atoms. The van der Waals surface area contributed by atoms with Crippen LogP contribution in [0.1, 0.15) is 23.6 Å². The van der Waals surface area contributed by atoms with Crippen molar-refractivity contribution in [3.05, 3.63) is 29.3 Å². The summed E-state index contributed by atoms with van der Waals surface area (Å²) in [6, 6.07) is 6.92. The molecule has 12 heavy (non-hydrogen) atoms. The molecule has 0 bridgehead atoms. The Morgan fingerprint density at radius 2 is 2.33 bits per heavy atom. The molecule has 1 aromatic carbocycles. The van der Waals surface area contributed by atoms with Crippen LogP contribution in [0.25, 0.3) is 0 Å². The first kappa shape index (κ1) is 8.14. The maximum absolute atomic E-state index is 5.96. The largest absolute Gasteiger partial charge is 0.324 e. The van der Waals surface area contributed by atoms with Crippen molar-refractivity contribution >= 4 is 11.8 Å². The van der Waals surface area contributed by atoms with Gasteiger partial charge in [-0.15, -0.1) is 11.8 Å². The van der Waals surface area contributed by atoms with Gasteiger partial charge in [0.2, 0.25) is 0 Å². The maximum atomic E-state index is 5.96. The Hall–Kier alpha value is -0.470. The number of rotatable bonds is 1. The minimum Gasteiger partial charge on any atom is -0.324 e. The Bertz CT molecular complexity index is 296. The van der Waals surface area contributed by atoms with E-state index in [0.717, 1.165) is 12.8 Å². The molecular weight excluding hydrogens is 166 g/mol. The lowest BCUT2D eigenvalue weighted by Crippen LogP contribution is -2.04. The van der Waals surface area contributed by atoms with E-state index in [0.29, 0.717) is 0 Å². The van der Waals surface area contributed by atoms with Crippen molar-refractivity contribution in [2.24, 2.45) is 5.73 Å². The fourth-order valence-electron chi connectivity index (χ4n) is 1.74. The summed E-state index contributed by atoms with van der Waals surface area (Å²) in [6.07, 6.45) is 4.38. The van der Waals surface area contributed by atoms with Crippen LogP contribution >= 0.6 is 11.8 Å². The van der Waals surface area contributed by atoms with Crippen LogP contribution in [0, 0.1) is 0 Å². The molecule has 0 radical (unpaired) electrons. The van der Waals surface area contributed by atoms with Gasteiger partial charge in [0.05, 0.1) is 0 Å². The Kier molecular flexibility index (Phi) is 2.11. The van der Waals surface area contributed by atoms with Crippen LogP contribution in [0.15, 0.2) is 23.1 Å². The SMILES string of the molecule is CSc1ccc2c(c1)[C@H](N)CC2. The van der Waals surface area contributed by atoms with Crippen LogP contribution in [0.2, 0.25) is 0 Å². The summed E-state index contributed by atoms with van der Waals surface area (Å²) in [5.74, 6) is 0. The molecule has 0 saturated carbocycles. The molecule has 0 amide bonds. The minimum atomic E-state index is 0.284. The number of fused-ring (bicyclic) bond motifs is 1. The van der Waals surface area contributed by atoms with E-state index in [1.54, 1.807) is 11.8 Å². The van der Waals surface area contributed by atoms with Gasteiger partial charge >= 0.3 is 0 Å². The van der Waals surface area contributed by atoms with Crippen LogP contribution in [-0.2, 0) is 6.42 Å². The normalized spacial score (nSPS) is 21.0. The van der Waals surface area contributed by atoms with E-state index in [9.17, 15) is 0 Å². The van der Waals surface area contributed by atoms with Gasteiger partial charge in [0, 0.05) is 10.9 Å². The summed E-state index contributed by atoms with van der Waals surface area (Å²) in [6.45, 7) is 0. The molecule has 0 fully saturated rings. The standard InChI is InChI=1S/C10H13NS/c1-12-8-4-2-7-3-5-10(11)9(7)6-8/h2,4,6,10H,3,5,11H2,1H3/t10-/m1/s1. The number of nitrogens with two attached hydrogens (primary N) is 1. The Morgan fingerprint density at radius 3 is 3.08 bits per heavy atom. The van der Waals surface area contributed by atoms with Crippen molar-refractivity contribution < 1.29 is 0 Å². The number of aryl methyl sites for hydroxylation is 1. The van der Waals surface area contributed by atoms with E-state index in [-0.39, 0.29) is 6.04 Å². The van der Waals surface area contributed by atoms with Crippen molar-refractivity contribution in [2.75, 3.05) is 6.26 Å². The van der Waals surface area contributed by atoms with Crippen LogP contribution in [0.3, 0.4) is 0 Å². The zero-order chi connectivity index (χ0) is 8.55. The average molecular weight is 179 g/mol. The van der Waals surface area contributed by atoms with Gasteiger partial charge in [-0.1, -0.05) is 6.07 Å². The van der Waals surface area contributed by atoms with Gasteiger partial charge in [0.1, 0.15) is 0 Å². The molecule has 1 atom stereocenters. The van der Waals surface area contributed by atoms with E-state index in [2.05, 4.69) is 24.5 Å². The van der Waals surface area contributed by atoms with Gasteiger partial charge in [-0.05, 0) is 42.4 Å². The molecule has 2 heteroatoms. The lowest BCUT2D eigenvalue weighted by molar-refractivity contribution is 0.712. The van der Waals surface area contributed by atoms with Crippen LogP contribution in [0.5, 0.6) is 0 Å². The van der Waals surface area contributed by atoms with E-state index < -0.39 is 0 Å². The first-order valence-electron chi connectivity index (χ1n) is 4.23. The molecule has 1 aliphatic rings. The van der Waals surface area contributed by atoms with Crippen molar-refractivity contribution in [1.29, 1.82) is 0 Å². The van der Waals surface area contributed by atoms with Gasteiger partial charge in [0.25, 0.3) is 0 Å². The molecule has 1 aromatic rings. The molecule has 1 nitrogen and oxygen atoms in total. The first-order chi connectivity index (χ1) is 5.81. The summed E-state index contributed by atoms with van der Waals surface area (Å²) in [5.41, 5.74) is 8.77. The van der Waals surface area contributed by atoms with Crippen molar-refractivity contribution in [3.8, 4) is 0 Å². The van der Waals surface area contributed by atoms with Gasteiger partial charge in [-0.3, -0.25) is 0 Å². The third kappa shape index (κ3) is 1.25. The Morgan fingerprint density at radius 1 is 1.50 bits per heavy atom. The van der Waals surface area contributed by atoms with E-state index in [1.165, 1.54) is 16.0 Å². The third-order valence-electron chi connectivity index (χ3n) is 2.48. The smallest absolute Gasteiger partial charge is 0.0301 e. The van der Waals surface area contributed by atoms with Crippen LogP contribution in [-0.4, -0.2) is 6.26 Å². The highest BCUT2D eigenvalue weighted by atomic mass is 32.2. The number of benzene rings is 1. The molecule has 0 aliphatic heterocycles. The predicted octanol–water partition coefficient (Wildman–Crippen LogP) is 2.35. The van der Waals surface area contributed by atoms with Crippen molar-refractivity contribution in [2.45, 2.75) is 23.8 Å². The lowest BCUT2D eigenvalue weighted by Gasteiger charge is -2.05. The fourth-order valence-corrected chi connectivity index (χ4v) is 2.19. The maximum Gasteiger partial charge on any atom is 0.0301 e. The molecule has 0 aromatic heterocycles. The van der Waals surface area contributed by atoms with Gasteiger partial charge in [-0.2, -0.15) is 0 Å². The Balaban J connectivity index is 2.43. The predicted molar refractivity (Wildman–Crippen MR) is 53.5 cm³/mol. The molecule has 1 aliphatic carbocycles. The summed E-state index contributed by atoms with van der Waals surface area (Å²) >= 11 is 1.78. The molecule has 2 rings (SSSR count). The second-order valence-corrected chi connectivity index (χ2v) is 4.09. The summed E-state index contributed by atoms with van der Waals surface area (Å²) in [7, 11) is 0. The monoisotopic (exact) mass is 179 g/mol. The van der Waals surface area contributed by atoms with Crippen LogP contribution in [0.4, 0.5) is 0 Å². The highest BCUT2D eigenvalue weighted by molar-refractivity contribution is 7.98. The molecule has 0 unspecified atom stereocenters. The minimum absolute atomic E-state index is 0.284. The zero-order valence-electron chi connectivity index (χ0n) is 7.21. The third-order valence-corrected chi connectivity index (χ3v) is 3.20.